The van der Waals surface area contributed by atoms with E-state index < -0.39 is 6.10 Å². The molecular formula is C74H130O6. The second kappa shape index (κ2) is 68.1. The van der Waals surface area contributed by atoms with Gasteiger partial charge < -0.3 is 14.2 Å². The summed E-state index contributed by atoms with van der Waals surface area (Å²) in [6.45, 7) is 6.50. The first-order valence-electron chi connectivity index (χ1n) is 34.6. The maximum Gasteiger partial charge on any atom is 0.306 e. The highest BCUT2D eigenvalue weighted by Gasteiger charge is 2.19. The van der Waals surface area contributed by atoms with Crippen LogP contribution in [-0.4, -0.2) is 37.2 Å². The van der Waals surface area contributed by atoms with Crippen molar-refractivity contribution in [3.05, 3.63) is 85.1 Å². The molecule has 6 nitrogen and oxygen atoms in total. The fourth-order valence-electron chi connectivity index (χ4n) is 9.98. The smallest absolute Gasteiger partial charge is 0.306 e. The van der Waals surface area contributed by atoms with Crippen LogP contribution in [0, 0.1) is 0 Å². The Morgan fingerprint density at radius 1 is 0.263 bits per heavy atom. The molecule has 80 heavy (non-hydrogen) atoms. The van der Waals surface area contributed by atoms with Crippen LogP contribution in [-0.2, 0) is 28.6 Å². The van der Waals surface area contributed by atoms with Gasteiger partial charge in [0.15, 0.2) is 6.10 Å². The van der Waals surface area contributed by atoms with Crippen LogP contribution in [0.2, 0.25) is 0 Å². The standard InChI is InChI=1S/C74H130O6/c1-4-7-10-13-16-19-22-25-27-29-31-33-35-36-37-38-39-41-42-44-46-49-52-55-58-61-64-67-73(76)79-70-71(69-78-72(75)66-63-60-57-54-51-48-24-21-18-15-12-9-6-3)80-74(77)68-65-62-59-56-53-50-47-45-43-40-34-32-30-28-26-23-20-17-14-11-8-5-2/h7,10,12,15-16,19,21,24-25,27,31,33,36-37,71H,4-6,8-9,11,13-14,17-18,20,22-23,26,28-30,32,34-35,38-70H2,1-3H3/b10-7-,15-12-,19-16-,24-21-,27-25-,33-31-,37-36-. The summed E-state index contributed by atoms with van der Waals surface area (Å²) in [6, 6.07) is 0. The Hall–Kier alpha value is -3.41. The summed E-state index contributed by atoms with van der Waals surface area (Å²) in [5.74, 6) is -0.878. The molecule has 0 N–H and O–H groups in total. The number of rotatable bonds is 63. The third kappa shape index (κ3) is 65.4. The highest BCUT2D eigenvalue weighted by Crippen LogP contribution is 2.18. The first-order chi connectivity index (χ1) is 39.5. The summed E-state index contributed by atoms with van der Waals surface area (Å²) in [7, 11) is 0. The molecule has 0 aliphatic carbocycles. The molecule has 0 aromatic rings. The summed E-state index contributed by atoms with van der Waals surface area (Å²) in [5, 5.41) is 0. The number of hydrogen-bond donors (Lipinski definition) is 0. The molecule has 0 saturated carbocycles. The predicted octanol–water partition coefficient (Wildman–Crippen LogP) is 23.8. The van der Waals surface area contributed by atoms with E-state index >= 15 is 0 Å². The van der Waals surface area contributed by atoms with Crippen LogP contribution in [0.1, 0.15) is 348 Å². The molecule has 0 heterocycles. The lowest BCUT2D eigenvalue weighted by Crippen LogP contribution is -2.30. The third-order valence-electron chi connectivity index (χ3n) is 15.1. The van der Waals surface area contributed by atoms with Crippen LogP contribution in [0.4, 0.5) is 0 Å². The van der Waals surface area contributed by atoms with Gasteiger partial charge in [-0.15, -0.1) is 0 Å². The summed E-state index contributed by atoms with van der Waals surface area (Å²) < 4.78 is 17.0. The van der Waals surface area contributed by atoms with E-state index in [1.165, 1.54) is 193 Å². The number of hydrogen-bond acceptors (Lipinski definition) is 6. The topological polar surface area (TPSA) is 78.9 Å². The molecule has 0 rings (SSSR count). The second-order valence-corrected chi connectivity index (χ2v) is 23.1. The van der Waals surface area contributed by atoms with Crippen molar-refractivity contribution in [2.75, 3.05) is 13.2 Å². The Balaban J connectivity index is 4.27. The lowest BCUT2D eigenvalue weighted by Gasteiger charge is -2.18. The summed E-state index contributed by atoms with van der Waals surface area (Å²) in [4.78, 5) is 38.4. The fraction of sp³-hybridized carbons (Fsp3) is 0.770. The van der Waals surface area contributed by atoms with E-state index in [0.29, 0.717) is 19.3 Å². The first kappa shape index (κ1) is 76.6. The van der Waals surface area contributed by atoms with Crippen molar-refractivity contribution in [1.82, 2.24) is 0 Å². The molecule has 0 aromatic heterocycles. The average Bonchev–Trinajstić information content (AvgIpc) is 3.46. The molecule has 6 heteroatoms. The van der Waals surface area contributed by atoms with E-state index in [2.05, 4.69) is 106 Å². The summed E-state index contributed by atoms with van der Waals surface area (Å²) >= 11 is 0. The highest BCUT2D eigenvalue weighted by molar-refractivity contribution is 5.71. The molecule has 0 fully saturated rings. The highest BCUT2D eigenvalue weighted by atomic mass is 16.6. The quantitative estimate of drug-likeness (QED) is 0.0261. The number of carbonyl (C=O) groups excluding carboxylic acids is 3. The number of unbranched alkanes of at least 4 members (excludes halogenated alkanes) is 38. The van der Waals surface area contributed by atoms with Crippen molar-refractivity contribution in [3.63, 3.8) is 0 Å². The van der Waals surface area contributed by atoms with Gasteiger partial charge >= 0.3 is 17.9 Å². The number of allylic oxidation sites excluding steroid dienone is 14. The van der Waals surface area contributed by atoms with Gasteiger partial charge in [0.25, 0.3) is 0 Å². The maximum absolute atomic E-state index is 12.9. The Morgan fingerprint density at radius 3 is 0.812 bits per heavy atom. The minimum Gasteiger partial charge on any atom is -0.462 e. The Labute approximate surface area is 496 Å². The van der Waals surface area contributed by atoms with Gasteiger partial charge in [-0.3, -0.25) is 14.4 Å². The number of ether oxygens (including phenoxy) is 3. The molecule has 0 aromatic carbocycles. The Bertz CT molecular complexity index is 1520. The molecule has 0 amide bonds. The third-order valence-corrected chi connectivity index (χ3v) is 15.1. The first-order valence-corrected chi connectivity index (χ1v) is 34.6. The average molecular weight is 1120 g/mol. The van der Waals surface area contributed by atoms with Gasteiger partial charge in [-0.25, -0.2) is 0 Å². The Kier molecular flexibility index (Phi) is 65.2. The molecule has 0 aliphatic heterocycles. The van der Waals surface area contributed by atoms with Crippen LogP contribution in [0.15, 0.2) is 85.1 Å². The van der Waals surface area contributed by atoms with Crippen molar-refractivity contribution < 1.29 is 28.6 Å². The summed E-state index contributed by atoms with van der Waals surface area (Å²) in [5.41, 5.74) is 0. The minimum absolute atomic E-state index is 0.0793. The van der Waals surface area contributed by atoms with Gasteiger partial charge in [-0.05, 0) is 89.9 Å². The molecular weight excluding hydrogens is 985 g/mol. The van der Waals surface area contributed by atoms with Crippen molar-refractivity contribution in [2.45, 2.75) is 354 Å². The Morgan fingerprint density at radius 2 is 0.512 bits per heavy atom. The molecule has 0 saturated heterocycles. The molecule has 1 unspecified atom stereocenters. The van der Waals surface area contributed by atoms with Crippen LogP contribution in [0.25, 0.3) is 0 Å². The van der Waals surface area contributed by atoms with E-state index in [9.17, 15) is 14.4 Å². The molecule has 462 valence electrons. The van der Waals surface area contributed by atoms with Crippen LogP contribution in [0.5, 0.6) is 0 Å². The van der Waals surface area contributed by atoms with Gasteiger partial charge in [0.1, 0.15) is 13.2 Å². The zero-order chi connectivity index (χ0) is 57.8. The van der Waals surface area contributed by atoms with Crippen molar-refractivity contribution in [3.8, 4) is 0 Å². The maximum atomic E-state index is 12.9. The van der Waals surface area contributed by atoms with Crippen LogP contribution < -0.4 is 0 Å². The molecule has 0 bridgehead atoms. The normalized spacial score (nSPS) is 12.6. The van der Waals surface area contributed by atoms with Gasteiger partial charge in [0, 0.05) is 19.3 Å². The number of carbonyl (C=O) groups is 3. The zero-order valence-corrected chi connectivity index (χ0v) is 53.1. The van der Waals surface area contributed by atoms with Crippen molar-refractivity contribution in [2.24, 2.45) is 0 Å². The second-order valence-electron chi connectivity index (χ2n) is 23.1. The van der Waals surface area contributed by atoms with E-state index in [1.807, 2.05) is 0 Å². The van der Waals surface area contributed by atoms with Crippen molar-refractivity contribution >= 4 is 17.9 Å². The predicted molar refractivity (Wildman–Crippen MR) is 348 cm³/mol. The van der Waals surface area contributed by atoms with E-state index in [0.717, 1.165) is 116 Å². The van der Waals surface area contributed by atoms with E-state index in [1.54, 1.807) is 0 Å². The molecule has 0 aliphatic rings. The van der Waals surface area contributed by atoms with Gasteiger partial charge in [0.05, 0.1) is 0 Å². The van der Waals surface area contributed by atoms with E-state index in [4.69, 9.17) is 14.2 Å². The lowest BCUT2D eigenvalue weighted by molar-refractivity contribution is -0.167. The summed E-state index contributed by atoms with van der Waals surface area (Å²) in [6.07, 6.45) is 90.4. The van der Waals surface area contributed by atoms with Crippen molar-refractivity contribution in [1.29, 1.82) is 0 Å². The van der Waals surface area contributed by atoms with Gasteiger partial charge in [-0.2, -0.15) is 0 Å². The van der Waals surface area contributed by atoms with Gasteiger partial charge in [0.2, 0.25) is 0 Å². The molecule has 0 spiro atoms. The molecule has 0 radical (unpaired) electrons. The molecule has 1 atom stereocenters. The van der Waals surface area contributed by atoms with Crippen LogP contribution >= 0.6 is 0 Å². The monoisotopic (exact) mass is 1110 g/mol. The minimum atomic E-state index is -0.783. The fourth-order valence-corrected chi connectivity index (χ4v) is 9.98. The van der Waals surface area contributed by atoms with Gasteiger partial charge in [-0.1, -0.05) is 324 Å². The SMILES string of the molecule is CC/C=C\C/C=C\C/C=C\C/C=C\C/C=C\CCCCCCCCCCCCCC(=O)OCC(COC(=O)CCCCCCC/C=C\C/C=C\CCC)OC(=O)CCCCCCCCCCCCCCCCCCCCCCCC. The lowest BCUT2D eigenvalue weighted by atomic mass is 10.0. The zero-order valence-electron chi connectivity index (χ0n) is 53.1. The largest absolute Gasteiger partial charge is 0.462 e. The number of esters is 3. The van der Waals surface area contributed by atoms with Crippen LogP contribution in [0.3, 0.4) is 0 Å². The van der Waals surface area contributed by atoms with E-state index in [-0.39, 0.29) is 31.1 Å².